The van der Waals surface area contributed by atoms with Gasteiger partial charge in [-0.25, -0.2) is 0 Å². The Morgan fingerprint density at radius 2 is 1.93 bits per heavy atom. The molecule has 14 heavy (non-hydrogen) atoms. The van der Waals surface area contributed by atoms with Crippen molar-refractivity contribution in [2.45, 2.75) is 38.9 Å². The molecule has 2 N–H and O–H groups in total. The van der Waals surface area contributed by atoms with Crippen LogP contribution in [-0.4, -0.2) is 22.3 Å². The van der Waals surface area contributed by atoms with Gasteiger partial charge in [0.25, 0.3) is 5.95 Å². The second-order valence-corrected chi connectivity index (χ2v) is 3.92. The Hall–Kier alpha value is -1.10. The van der Waals surface area contributed by atoms with E-state index in [0.29, 0.717) is 11.8 Å². The van der Waals surface area contributed by atoms with Crippen molar-refractivity contribution in [3.8, 4) is 0 Å². The molecule has 0 amide bonds. The Morgan fingerprint density at radius 3 is 2.36 bits per heavy atom. The minimum absolute atomic E-state index is 0.111. The molecule has 1 aromatic heterocycles. The Balaban J connectivity index is 2.25. The highest BCUT2D eigenvalue weighted by Gasteiger charge is 2.41. The molecule has 4 unspecified atom stereocenters. The van der Waals surface area contributed by atoms with Gasteiger partial charge in [0.1, 0.15) is 0 Å². The van der Waals surface area contributed by atoms with Crippen molar-refractivity contribution < 1.29 is 9.26 Å². The first kappa shape index (κ1) is 9.45. The quantitative estimate of drug-likeness (QED) is 0.731. The third-order valence-corrected chi connectivity index (χ3v) is 2.98. The zero-order chi connectivity index (χ0) is 10.3. The van der Waals surface area contributed by atoms with Gasteiger partial charge in [0.05, 0.1) is 18.1 Å². The fraction of sp³-hybridized carbons (Fsp3) is 0.778. The van der Waals surface area contributed by atoms with Gasteiger partial charge in [-0.2, -0.15) is 4.98 Å². The van der Waals surface area contributed by atoms with Crippen LogP contribution >= 0.6 is 0 Å². The van der Waals surface area contributed by atoms with Crippen LogP contribution in [-0.2, 0) is 4.74 Å². The molecule has 1 aliphatic rings. The average molecular weight is 197 g/mol. The maximum absolute atomic E-state index is 5.68. The second-order valence-electron chi connectivity index (χ2n) is 3.92. The van der Waals surface area contributed by atoms with E-state index in [1.165, 1.54) is 0 Å². The highest BCUT2D eigenvalue weighted by molar-refractivity contribution is 5.14. The van der Waals surface area contributed by atoms with Crippen molar-refractivity contribution in [1.82, 2.24) is 10.1 Å². The molecule has 1 aromatic rings. The van der Waals surface area contributed by atoms with Gasteiger partial charge in [0, 0.05) is 0 Å². The molecule has 5 nitrogen and oxygen atoms in total. The smallest absolute Gasteiger partial charge is 0.260 e. The molecule has 2 heterocycles. The molecule has 0 radical (unpaired) electrons. The number of anilines is 1. The molecule has 0 bridgehead atoms. The molecule has 0 aromatic carbocycles. The third kappa shape index (κ3) is 1.37. The number of nitrogens with two attached hydrogens (primary N) is 1. The topological polar surface area (TPSA) is 74.2 Å². The standard InChI is InChI=1S/C9H15N3O2/c1-4-5(2)13-6(3)7(4)8-11-9(10)12-14-8/h4-7H,1-3H3,(H2,10,12). The minimum Gasteiger partial charge on any atom is -0.374 e. The molecule has 0 aliphatic carbocycles. The van der Waals surface area contributed by atoms with Crippen LogP contribution in [0.15, 0.2) is 4.52 Å². The van der Waals surface area contributed by atoms with E-state index in [1.54, 1.807) is 0 Å². The summed E-state index contributed by atoms with van der Waals surface area (Å²) in [6, 6.07) is 0. The third-order valence-electron chi connectivity index (χ3n) is 2.98. The van der Waals surface area contributed by atoms with Crippen LogP contribution in [0.2, 0.25) is 0 Å². The first-order chi connectivity index (χ1) is 6.59. The lowest BCUT2D eigenvalue weighted by molar-refractivity contribution is 0.0542. The molecule has 2 rings (SSSR count). The molecule has 78 valence electrons. The lowest BCUT2D eigenvalue weighted by Crippen LogP contribution is -2.15. The lowest BCUT2D eigenvalue weighted by atomic mass is 9.89. The fourth-order valence-corrected chi connectivity index (χ4v) is 2.07. The number of aromatic nitrogens is 2. The minimum atomic E-state index is 0.111. The summed E-state index contributed by atoms with van der Waals surface area (Å²) in [6.07, 6.45) is 0.336. The van der Waals surface area contributed by atoms with Gasteiger partial charge in [-0.15, -0.1) is 0 Å². The van der Waals surface area contributed by atoms with E-state index >= 15 is 0 Å². The highest BCUT2D eigenvalue weighted by Crippen LogP contribution is 2.38. The monoisotopic (exact) mass is 197 g/mol. The molecule has 4 atom stereocenters. The maximum Gasteiger partial charge on any atom is 0.260 e. The maximum atomic E-state index is 5.68. The summed E-state index contributed by atoms with van der Waals surface area (Å²) in [5.74, 6) is 1.32. The summed E-state index contributed by atoms with van der Waals surface area (Å²) < 4.78 is 10.8. The molecule has 1 aliphatic heterocycles. The largest absolute Gasteiger partial charge is 0.374 e. The molecule has 5 heteroatoms. The van der Waals surface area contributed by atoms with E-state index in [1.807, 2.05) is 6.92 Å². The van der Waals surface area contributed by atoms with E-state index in [2.05, 4.69) is 24.0 Å². The molecule has 0 spiro atoms. The number of rotatable bonds is 1. The zero-order valence-corrected chi connectivity index (χ0v) is 8.60. The van der Waals surface area contributed by atoms with E-state index in [-0.39, 0.29) is 24.1 Å². The van der Waals surface area contributed by atoms with Crippen LogP contribution in [0.25, 0.3) is 0 Å². The summed E-state index contributed by atoms with van der Waals surface area (Å²) in [5, 5.41) is 3.59. The number of hydrogen-bond donors (Lipinski definition) is 1. The van der Waals surface area contributed by atoms with Crippen LogP contribution < -0.4 is 5.73 Å². The van der Waals surface area contributed by atoms with E-state index in [4.69, 9.17) is 15.0 Å². The van der Waals surface area contributed by atoms with Crippen molar-refractivity contribution in [3.05, 3.63) is 5.89 Å². The fourth-order valence-electron chi connectivity index (χ4n) is 2.07. The molecular formula is C9H15N3O2. The Labute approximate surface area is 82.6 Å². The van der Waals surface area contributed by atoms with Crippen LogP contribution in [0.3, 0.4) is 0 Å². The number of nitrogens with zero attached hydrogens (tertiary/aromatic N) is 2. The summed E-state index contributed by atoms with van der Waals surface area (Å²) in [5.41, 5.74) is 5.41. The molecule has 1 fully saturated rings. The zero-order valence-electron chi connectivity index (χ0n) is 8.60. The number of hydrogen-bond acceptors (Lipinski definition) is 5. The van der Waals surface area contributed by atoms with Crippen LogP contribution in [0.4, 0.5) is 5.95 Å². The van der Waals surface area contributed by atoms with Crippen LogP contribution in [0.5, 0.6) is 0 Å². The predicted octanol–water partition coefficient (Wildman–Crippen LogP) is 1.18. The van der Waals surface area contributed by atoms with E-state index in [9.17, 15) is 0 Å². The summed E-state index contributed by atoms with van der Waals surface area (Å²) in [7, 11) is 0. The Kier molecular flexibility index (Phi) is 2.19. The van der Waals surface area contributed by atoms with Gasteiger partial charge in [0.2, 0.25) is 5.89 Å². The lowest BCUT2D eigenvalue weighted by Gasteiger charge is -2.12. The van der Waals surface area contributed by atoms with Gasteiger partial charge >= 0.3 is 0 Å². The first-order valence-electron chi connectivity index (χ1n) is 4.84. The van der Waals surface area contributed by atoms with Crippen molar-refractivity contribution in [3.63, 3.8) is 0 Å². The SMILES string of the molecule is CC1OC(C)C(c2nc(N)no2)C1C. The van der Waals surface area contributed by atoms with Crippen molar-refractivity contribution in [2.24, 2.45) is 5.92 Å². The normalized spacial score (nSPS) is 37.6. The van der Waals surface area contributed by atoms with E-state index in [0.717, 1.165) is 0 Å². The van der Waals surface area contributed by atoms with Crippen LogP contribution in [0, 0.1) is 5.92 Å². The Morgan fingerprint density at radius 1 is 1.21 bits per heavy atom. The second kappa shape index (κ2) is 3.24. The average Bonchev–Trinajstić information content (AvgIpc) is 2.60. The van der Waals surface area contributed by atoms with Gasteiger partial charge < -0.3 is 15.0 Å². The van der Waals surface area contributed by atoms with Gasteiger partial charge in [-0.1, -0.05) is 6.92 Å². The molecule has 1 saturated heterocycles. The predicted molar refractivity (Wildman–Crippen MR) is 50.6 cm³/mol. The summed E-state index contributed by atoms with van der Waals surface area (Å²) in [4.78, 5) is 4.05. The van der Waals surface area contributed by atoms with Crippen molar-refractivity contribution >= 4 is 5.95 Å². The highest BCUT2D eigenvalue weighted by atomic mass is 16.5. The number of ether oxygens (including phenoxy) is 1. The Bertz CT molecular complexity index is 326. The first-order valence-corrected chi connectivity index (χ1v) is 4.84. The summed E-state index contributed by atoms with van der Waals surface area (Å²) in [6.45, 7) is 6.20. The van der Waals surface area contributed by atoms with Gasteiger partial charge in [-0.3, -0.25) is 0 Å². The molecule has 0 saturated carbocycles. The van der Waals surface area contributed by atoms with Crippen LogP contribution in [0.1, 0.15) is 32.6 Å². The summed E-state index contributed by atoms with van der Waals surface area (Å²) >= 11 is 0. The van der Waals surface area contributed by atoms with Gasteiger partial charge in [-0.05, 0) is 24.9 Å². The number of nitrogen functional groups attached to an aromatic ring is 1. The molecular weight excluding hydrogens is 182 g/mol. The van der Waals surface area contributed by atoms with E-state index < -0.39 is 0 Å². The van der Waals surface area contributed by atoms with Crippen molar-refractivity contribution in [2.75, 3.05) is 5.73 Å². The van der Waals surface area contributed by atoms with Gasteiger partial charge in [0.15, 0.2) is 0 Å². The van der Waals surface area contributed by atoms with Crippen molar-refractivity contribution in [1.29, 1.82) is 0 Å².